The van der Waals surface area contributed by atoms with E-state index in [1.807, 2.05) is 29.2 Å². The molecule has 3 rings (SSSR count). The maximum Gasteiger partial charge on any atom is 0.241 e. The Balaban J connectivity index is 1.69. The zero-order valence-corrected chi connectivity index (χ0v) is 15.6. The highest BCUT2D eigenvalue weighted by atomic mass is 35.5. The molecule has 2 aromatic rings. The van der Waals surface area contributed by atoms with Gasteiger partial charge in [-0.15, -0.1) is 0 Å². The number of carbonyl (C=O) groups is 1. The summed E-state index contributed by atoms with van der Waals surface area (Å²) in [6.45, 7) is 2.20. The van der Waals surface area contributed by atoms with Crippen molar-refractivity contribution >= 4 is 27.5 Å². The minimum absolute atomic E-state index is 0.0379. The van der Waals surface area contributed by atoms with Crippen molar-refractivity contribution in [3.63, 3.8) is 0 Å². The van der Waals surface area contributed by atoms with Crippen LogP contribution in [-0.4, -0.2) is 48.6 Å². The van der Waals surface area contributed by atoms with Crippen molar-refractivity contribution in [2.45, 2.75) is 23.9 Å². The average Bonchev–Trinajstić information content (AvgIpc) is 3.10. The lowest BCUT2D eigenvalue weighted by molar-refractivity contribution is -0.134. The fourth-order valence-corrected chi connectivity index (χ4v) is 3.72. The molecule has 1 aliphatic rings. The number of benzene rings is 1. The van der Waals surface area contributed by atoms with Gasteiger partial charge in [-0.05, 0) is 11.6 Å². The molecular weight excluding hydrogens is 378 g/mol. The van der Waals surface area contributed by atoms with Crippen LogP contribution in [0.1, 0.15) is 18.0 Å². The third kappa shape index (κ3) is 4.24. The summed E-state index contributed by atoms with van der Waals surface area (Å²) in [6, 6.07) is 7.35. The van der Waals surface area contributed by atoms with E-state index in [1.54, 1.807) is 0 Å². The number of halogens is 1. The molecule has 0 spiro atoms. The van der Waals surface area contributed by atoms with E-state index in [-0.39, 0.29) is 29.8 Å². The molecule has 1 fully saturated rings. The minimum Gasteiger partial charge on any atom is -0.333 e. The summed E-state index contributed by atoms with van der Waals surface area (Å²) >= 11 is 6.30. The highest BCUT2D eigenvalue weighted by molar-refractivity contribution is 7.89. The Morgan fingerprint density at radius 1 is 1.38 bits per heavy atom. The molecule has 0 bridgehead atoms. The molecule has 0 saturated carbocycles. The molecular formula is C16H20ClN5O3S. The Kier molecular flexibility index (Phi) is 5.61. The summed E-state index contributed by atoms with van der Waals surface area (Å²) in [4.78, 5) is 14.5. The molecule has 1 amide bonds. The number of hydrogen-bond donors (Lipinski definition) is 2. The van der Waals surface area contributed by atoms with Crippen molar-refractivity contribution in [1.29, 1.82) is 0 Å². The number of nitrogens with two attached hydrogens (primary N) is 1. The predicted molar refractivity (Wildman–Crippen MR) is 97.0 cm³/mol. The van der Waals surface area contributed by atoms with Crippen LogP contribution in [0.4, 0.5) is 0 Å². The molecule has 1 aliphatic heterocycles. The first kappa shape index (κ1) is 18.8. The van der Waals surface area contributed by atoms with Gasteiger partial charge in [-0.25, -0.2) is 13.6 Å². The number of primary sulfonamides is 1. The third-order valence-corrected chi connectivity index (χ3v) is 5.53. The predicted octanol–water partition coefficient (Wildman–Crippen LogP) is 0.747. The molecule has 1 aromatic carbocycles. The number of amides is 1. The first-order valence-corrected chi connectivity index (χ1v) is 10.1. The summed E-state index contributed by atoms with van der Waals surface area (Å²) in [5, 5.41) is 12.9. The second-order valence-electron chi connectivity index (χ2n) is 6.06. The fraction of sp³-hybridized carbons (Fsp3) is 0.375. The lowest BCUT2D eigenvalue weighted by atomic mass is 10.0. The molecule has 26 heavy (non-hydrogen) atoms. The van der Waals surface area contributed by atoms with Crippen molar-refractivity contribution in [3.8, 4) is 0 Å². The molecule has 1 aromatic heterocycles. The zero-order valence-electron chi connectivity index (χ0n) is 14.0. The minimum atomic E-state index is -3.79. The van der Waals surface area contributed by atoms with Crippen molar-refractivity contribution in [1.82, 2.24) is 20.0 Å². The van der Waals surface area contributed by atoms with Crippen molar-refractivity contribution in [3.05, 3.63) is 47.2 Å². The van der Waals surface area contributed by atoms with Crippen molar-refractivity contribution < 1.29 is 13.2 Å². The number of piperazine rings is 1. The average molecular weight is 398 g/mol. The molecule has 0 aliphatic carbocycles. The van der Waals surface area contributed by atoms with Gasteiger partial charge in [0.05, 0.1) is 12.2 Å². The summed E-state index contributed by atoms with van der Waals surface area (Å²) in [6.07, 6.45) is 2.70. The van der Waals surface area contributed by atoms with Crippen LogP contribution in [0.3, 0.4) is 0 Å². The molecule has 2 heterocycles. The van der Waals surface area contributed by atoms with Crippen LogP contribution < -0.4 is 10.5 Å². The third-order valence-electron chi connectivity index (χ3n) is 4.32. The number of hydrogen-bond acceptors (Lipinski definition) is 5. The SMILES string of the molecule is NS(=O)(=O)c1cnn(CCC(=O)N2CCNCC2c2ccccc2Cl)c1. The van der Waals surface area contributed by atoms with Crippen molar-refractivity contribution in [2.24, 2.45) is 5.14 Å². The lowest BCUT2D eigenvalue weighted by Crippen LogP contribution is -2.49. The lowest BCUT2D eigenvalue weighted by Gasteiger charge is -2.37. The van der Waals surface area contributed by atoms with Gasteiger partial charge in [-0.2, -0.15) is 5.10 Å². The van der Waals surface area contributed by atoms with E-state index < -0.39 is 10.0 Å². The fourth-order valence-electron chi connectivity index (χ4n) is 2.99. The number of carbonyl (C=O) groups excluding carboxylic acids is 1. The number of nitrogens with one attached hydrogen (secondary N) is 1. The molecule has 1 atom stereocenters. The van der Waals surface area contributed by atoms with E-state index in [0.717, 1.165) is 5.56 Å². The molecule has 0 radical (unpaired) electrons. The summed E-state index contributed by atoms with van der Waals surface area (Å²) in [5.74, 6) is -0.0379. The first-order valence-electron chi connectivity index (χ1n) is 8.16. The number of nitrogens with zero attached hydrogens (tertiary/aromatic N) is 3. The van der Waals surface area contributed by atoms with E-state index in [4.69, 9.17) is 16.7 Å². The second-order valence-corrected chi connectivity index (χ2v) is 8.03. The van der Waals surface area contributed by atoms with Gasteiger partial charge in [0.2, 0.25) is 15.9 Å². The van der Waals surface area contributed by atoms with Crippen LogP contribution in [0, 0.1) is 0 Å². The number of aromatic nitrogens is 2. The molecule has 3 N–H and O–H groups in total. The van der Waals surface area contributed by atoms with Gasteiger partial charge in [0.1, 0.15) is 4.90 Å². The Morgan fingerprint density at radius 2 is 2.15 bits per heavy atom. The van der Waals surface area contributed by atoms with Crippen LogP contribution in [-0.2, 0) is 21.4 Å². The van der Waals surface area contributed by atoms with E-state index >= 15 is 0 Å². The van der Waals surface area contributed by atoms with Crippen LogP contribution >= 0.6 is 11.6 Å². The first-order chi connectivity index (χ1) is 12.4. The maximum absolute atomic E-state index is 12.7. The van der Waals surface area contributed by atoms with Gasteiger partial charge in [0, 0.05) is 43.8 Å². The van der Waals surface area contributed by atoms with Gasteiger partial charge in [-0.1, -0.05) is 29.8 Å². The largest absolute Gasteiger partial charge is 0.333 e. The van der Waals surface area contributed by atoms with Gasteiger partial charge < -0.3 is 10.2 Å². The summed E-state index contributed by atoms with van der Waals surface area (Å²) in [5.41, 5.74) is 0.908. The van der Waals surface area contributed by atoms with E-state index in [0.29, 0.717) is 24.7 Å². The van der Waals surface area contributed by atoms with E-state index in [9.17, 15) is 13.2 Å². The smallest absolute Gasteiger partial charge is 0.241 e. The summed E-state index contributed by atoms with van der Waals surface area (Å²) in [7, 11) is -3.79. The highest BCUT2D eigenvalue weighted by Gasteiger charge is 2.28. The Morgan fingerprint density at radius 3 is 2.85 bits per heavy atom. The molecule has 10 heteroatoms. The Bertz CT molecular complexity index is 899. The van der Waals surface area contributed by atoms with Gasteiger partial charge >= 0.3 is 0 Å². The van der Waals surface area contributed by atoms with Gasteiger partial charge in [0.15, 0.2) is 0 Å². The zero-order chi connectivity index (χ0) is 18.7. The maximum atomic E-state index is 12.7. The number of aryl methyl sites for hydroxylation is 1. The van der Waals surface area contributed by atoms with Crippen LogP contribution in [0.15, 0.2) is 41.6 Å². The molecule has 140 valence electrons. The second kappa shape index (κ2) is 7.75. The Hall–Kier alpha value is -1.94. The number of rotatable bonds is 5. The molecule has 1 saturated heterocycles. The standard InChI is InChI=1S/C16H20ClN5O3S/c17-14-4-2-1-3-13(14)15-10-19-6-8-22(15)16(23)5-7-21-11-12(9-20-21)26(18,24)25/h1-4,9,11,15,19H,5-8,10H2,(H2,18,24,25). The van der Waals surface area contributed by atoms with E-state index in [1.165, 1.54) is 17.1 Å². The van der Waals surface area contributed by atoms with Crippen molar-refractivity contribution in [2.75, 3.05) is 19.6 Å². The van der Waals surface area contributed by atoms with Crippen LogP contribution in [0.25, 0.3) is 0 Å². The van der Waals surface area contributed by atoms with Gasteiger partial charge in [-0.3, -0.25) is 9.48 Å². The van der Waals surface area contributed by atoms with Crippen LogP contribution in [0.2, 0.25) is 5.02 Å². The number of sulfonamides is 1. The van der Waals surface area contributed by atoms with Gasteiger partial charge in [0.25, 0.3) is 0 Å². The monoisotopic (exact) mass is 397 g/mol. The highest BCUT2D eigenvalue weighted by Crippen LogP contribution is 2.28. The molecule has 1 unspecified atom stereocenters. The summed E-state index contributed by atoms with van der Waals surface area (Å²) < 4.78 is 24.0. The topological polar surface area (TPSA) is 110 Å². The Labute approximate surface area is 157 Å². The normalized spacial score (nSPS) is 18.1. The quantitative estimate of drug-likeness (QED) is 0.773. The molecule has 8 nitrogen and oxygen atoms in total. The van der Waals surface area contributed by atoms with E-state index in [2.05, 4.69) is 10.4 Å². The van der Waals surface area contributed by atoms with Crippen LogP contribution in [0.5, 0.6) is 0 Å².